The molecule has 3 unspecified atom stereocenters. The standard InChI is InChI=1S/C14H30N2O2S/c1-5-7-13-10-15-14(12(3)6-2)11-16(13)8-9-19(4,17)18/h12-15H,5-11H2,1-4H3. The number of hydrogen-bond donors (Lipinski definition) is 1. The summed E-state index contributed by atoms with van der Waals surface area (Å²) in [5.41, 5.74) is 0. The van der Waals surface area contributed by atoms with Gasteiger partial charge in [0, 0.05) is 38.0 Å². The second-order valence-corrected chi connectivity index (χ2v) is 8.23. The Morgan fingerprint density at radius 2 is 2.05 bits per heavy atom. The summed E-state index contributed by atoms with van der Waals surface area (Å²) in [6, 6.07) is 0.990. The minimum Gasteiger partial charge on any atom is -0.311 e. The van der Waals surface area contributed by atoms with Gasteiger partial charge in [-0.3, -0.25) is 4.90 Å². The monoisotopic (exact) mass is 290 g/mol. The van der Waals surface area contributed by atoms with Crippen LogP contribution >= 0.6 is 0 Å². The number of sulfone groups is 1. The lowest BCUT2D eigenvalue weighted by molar-refractivity contribution is 0.109. The average molecular weight is 290 g/mol. The van der Waals surface area contributed by atoms with Gasteiger partial charge in [0.1, 0.15) is 9.84 Å². The molecule has 1 fully saturated rings. The minimum absolute atomic E-state index is 0.278. The van der Waals surface area contributed by atoms with Crippen molar-refractivity contribution < 1.29 is 8.42 Å². The molecule has 114 valence electrons. The maximum absolute atomic E-state index is 11.4. The molecule has 0 amide bonds. The molecule has 5 heteroatoms. The normalized spacial score (nSPS) is 27.4. The number of nitrogens with one attached hydrogen (secondary N) is 1. The van der Waals surface area contributed by atoms with E-state index in [1.807, 2.05) is 0 Å². The quantitative estimate of drug-likeness (QED) is 0.772. The molecule has 1 N–H and O–H groups in total. The van der Waals surface area contributed by atoms with Gasteiger partial charge in [0.2, 0.25) is 0 Å². The molecule has 1 heterocycles. The Balaban J connectivity index is 2.62. The number of piperazine rings is 1. The highest BCUT2D eigenvalue weighted by molar-refractivity contribution is 7.90. The third-order valence-electron chi connectivity index (χ3n) is 4.27. The van der Waals surface area contributed by atoms with Crippen LogP contribution in [0.2, 0.25) is 0 Å². The fourth-order valence-corrected chi connectivity index (χ4v) is 3.29. The molecule has 1 aliphatic rings. The molecule has 1 aliphatic heterocycles. The lowest BCUT2D eigenvalue weighted by Crippen LogP contribution is -2.59. The number of nitrogens with zero attached hydrogens (tertiary/aromatic N) is 1. The van der Waals surface area contributed by atoms with Crippen LogP contribution in [0.15, 0.2) is 0 Å². The number of hydrogen-bond acceptors (Lipinski definition) is 4. The van der Waals surface area contributed by atoms with Gasteiger partial charge in [-0.2, -0.15) is 0 Å². The maximum Gasteiger partial charge on any atom is 0.148 e. The van der Waals surface area contributed by atoms with E-state index in [0.717, 1.165) is 32.4 Å². The second kappa shape index (κ2) is 7.60. The molecular formula is C14H30N2O2S. The van der Waals surface area contributed by atoms with Crippen LogP contribution in [0.3, 0.4) is 0 Å². The van der Waals surface area contributed by atoms with Crippen LogP contribution in [0.5, 0.6) is 0 Å². The van der Waals surface area contributed by atoms with Gasteiger partial charge in [-0.25, -0.2) is 8.42 Å². The van der Waals surface area contributed by atoms with Crippen LogP contribution in [0.25, 0.3) is 0 Å². The van der Waals surface area contributed by atoms with E-state index in [0.29, 0.717) is 24.5 Å². The van der Waals surface area contributed by atoms with Crippen molar-refractivity contribution in [2.75, 3.05) is 31.6 Å². The summed E-state index contributed by atoms with van der Waals surface area (Å²) in [5, 5.41) is 3.64. The van der Waals surface area contributed by atoms with Crippen LogP contribution < -0.4 is 5.32 Å². The molecule has 4 nitrogen and oxygen atoms in total. The first kappa shape index (κ1) is 16.9. The highest BCUT2D eigenvalue weighted by Crippen LogP contribution is 2.18. The van der Waals surface area contributed by atoms with Crippen LogP contribution in [0.1, 0.15) is 40.0 Å². The topological polar surface area (TPSA) is 49.4 Å². The lowest BCUT2D eigenvalue weighted by Gasteiger charge is -2.42. The lowest BCUT2D eigenvalue weighted by atomic mass is 9.94. The van der Waals surface area contributed by atoms with Gasteiger partial charge in [-0.05, 0) is 12.3 Å². The van der Waals surface area contributed by atoms with Crippen LogP contribution in [0.4, 0.5) is 0 Å². The van der Waals surface area contributed by atoms with Crippen molar-refractivity contribution >= 4 is 9.84 Å². The van der Waals surface area contributed by atoms with Gasteiger partial charge in [0.25, 0.3) is 0 Å². The largest absolute Gasteiger partial charge is 0.311 e. The maximum atomic E-state index is 11.4. The molecule has 19 heavy (non-hydrogen) atoms. The molecule has 1 saturated heterocycles. The van der Waals surface area contributed by atoms with Crippen molar-refractivity contribution in [3.8, 4) is 0 Å². The highest BCUT2D eigenvalue weighted by Gasteiger charge is 2.29. The summed E-state index contributed by atoms with van der Waals surface area (Å²) >= 11 is 0. The van der Waals surface area contributed by atoms with Gasteiger partial charge in [-0.1, -0.05) is 33.6 Å². The molecule has 0 aromatic carbocycles. The Bertz CT molecular complexity index is 356. The molecule has 0 aromatic rings. The second-order valence-electron chi connectivity index (χ2n) is 5.97. The fourth-order valence-electron chi connectivity index (χ4n) is 2.72. The van der Waals surface area contributed by atoms with E-state index < -0.39 is 9.84 Å². The third-order valence-corrected chi connectivity index (χ3v) is 5.19. The SMILES string of the molecule is CCCC1CNC(C(C)CC)CN1CCS(C)(=O)=O. The van der Waals surface area contributed by atoms with Crippen LogP contribution in [0, 0.1) is 5.92 Å². The minimum atomic E-state index is -2.87. The molecule has 3 atom stereocenters. The molecule has 0 saturated carbocycles. The zero-order valence-electron chi connectivity index (χ0n) is 12.9. The van der Waals surface area contributed by atoms with Crippen LogP contribution in [-0.2, 0) is 9.84 Å². The summed E-state index contributed by atoms with van der Waals surface area (Å²) in [4.78, 5) is 2.39. The van der Waals surface area contributed by atoms with Crippen molar-refractivity contribution in [2.24, 2.45) is 5.92 Å². The number of rotatable bonds is 7. The summed E-state index contributed by atoms with van der Waals surface area (Å²) in [6.45, 7) is 9.33. The van der Waals surface area contributed by atoms with E-state index in [4.69, 9.17) is 0 Å². The summed E-state index contributed by atoms with van der Waals surface area (Å²) in [7, 11) is -2.87. The van der Waals surface area contributed by atoms with E-state index in [1.54, 1.807) is 0 Å². The Kier molecular flexibility index (Phi) is 6.77. The van der Waals surface area contributed by atoms with Crippen molar-refractivity contribution in [2.45, 2.75) is 52.1 Å². The Morgan fingerprint density at radius 3 is 2.58 bits per heavy atom. The molecular weight excluding hydrogens is 260 g/mol. The Labute approximate surface area is 118 Å². The first-order chi connectivity index (χ1) is 8.87. The van der Waals surface area contributed by atoms with Crippen LogP contribution in [-0.4, -0.2) is 57.0 Å². The van der Waals surface area contributed by atoms with E-state index in [1.165, 1.54) is 6.26 Å². The van der Waals surface area contributed by atoms with Gasteiger partial charge >= 0.3 is 0 Å². The van der Waals surface area contributed by atoms with E-state index in [-0.39, 0.29) is 5.75 Å². The average Bonchev–Trinajstić information content (AvgIpc) is 2.36. The molecule has 1 rings (SSSR count). The smallest absolute Gasteiger partial charge is 0.148 e. The Hall–Kier alpha value is -0.130. The summed E-state index contributed by atoms with van der Waals surface area (Å²) in [6.07, 6.45) is 4.78. The van der Waals surface area contributed by atoms with Crippen molar-refractivity contribution in [1.82, 2.24) is 10.2 Å². The Morgan fingerprint density at radius 1 is 1.37 bits per heavy atom. The summed E-state index contributed by atoms with van der Waals surface area (Å²) in [5.74, 6) is 0.920. The zero-order chi connectivity index (χ0) is 14.5. The van der Waals surface area contributed by atoms with Gasteiger partial charge < -0.3 is 5.32 Å². The van der Waals surface area contributed by atoms with Crippen molar-refractivity contribution in [1.29, 1.82) is 0 Å². The van der Waals surface area contributed by atoms with E-state index in [9.17, 15) is 8.42 Å². The molecule has 0 aliphatic carbocycles. The first-order valence-electron chi connectivity index (χ1n) is 7.52. The first-order valence-corrected chi connectivity index (χ1v) is 9.58. The van der Waals surface area contributed by atoms with Gasteiger partial charge in [-0.15, -0.1) is 0 Å². The van der Waals surface area contributed by atoms with Crippen molar-refractivity contribution in [3.63, 3.8) is 0 Å². The molecule has 0 aromatic heterocycles. The summed E-state index contributed by atoms with van der Waals surface area (Å²) < 4.78 is 22.7. The zero-order valence-corrected chi connectivity index (χ0v) is 13.7. The van der Waals surface area contributed by atoms with E-state index in [2.05, 4.69) is 31.0 Å². The highest BCUT2D eigenvalue weighted by atomic mass is 32.2. The van der Waals surface area contributed by atoms with Crippen molar-refractivity contribution in [3.05, 3.63) is 0 Å². The fraction of sp³-hybridized carbons (Fsp3) is 1.00. The molecule has 0 radical (unpaired) electrons. The van der Waals surface area contributed by atoms with E-state index >= 15 is 0 Å². The third kappa shape index (κ3) is 5.79. The molecule has 0 spiro atoms. The van der Waals surface area contributed by atoms with Gasteiger partial charge in [0.15, 0.2) is 0 Å². The van der Waals surface area contributed by atoms with Gasteiger partial charge in [0.05, 0.1) is 5.75 Å². The predicted octanol–water partition coefficient (Wildman–Crippen LogP) is 1.52. The molecule has 0 bridgehead atoms. The predicted molar refractivity (Wildman–Crippen MR) is 81.2 cm³/mol.